The van der Waals surface area contributed by atoms with Gasteiger partial charge in [0, 0.05) is 23.8 Å². The van der Waals surface area contributed by atoms with Crippen LogP contribution in [0.25, 0.3) is 5.65 Å². The van der Waals surface area contributed by atoms with Crippen LogP contribution in [0.15, 0.2) is 28.9 Å². The molecule has 3 aromatic heterocycles. The first-order valence-electron chi connectivity index (χ1n) is 6.11. The van der Waals surface area contributed by atoms with Crippen LogP contribution < -0.4 is 10.6 Å². The molecule has 0 aliphatic carbocycles. The predicted molar refractivity (Wildman–Crippen MR) is 84.4 cm³/mol. The normalized spacial score (nSPS) is 10.7. The lowest BCUT2D eigenvalue weighted by Crippen LogP contribution is -2.21. The molecule has 1 amide bonds. The van der Waals surface area contributed by atoms with E-state index in [-0.39, 0.29) is 10.8 Å². The fourth-order valence-electron chi connectivity index (χ4n) is 1.78. The van der Waals surface area contributed by atoms with Gasteiger partial charge in [-0.3, -0.25) is 4.79 Å². The summed E-state index contributed by atoms with van der Waals surface area (Å²) >= 11 is 9.19. The van der Waals surface area contributed by atoms with Crippen LogP contribution in [0.5, 0.6) is 0 Å². The van der Waals surface area contributed by atoms with Crippen LogP contribution >= 0.6 is 27.5 Å². The average molecular weight is 383 g/mol. The number of hydrogen-bond donors (Lipinski definition) is 2. The molecule has 0 unspecified atom stereocenters. The molecule has 0 saturated carbocycles. The maximum Gasteiger partial charge on any atom is 0.273 e. The van der Waals surface area contributed by atoms with Crippen LogP contribution in [0.3, 0.4) is 0 Å². The summed E-state index contributed by atoms with van der Waals surface area (Å²) in [6.45, 7) is 0. The van der Waals surface area contributed by atoms with Crippen LogP contribution in [0.2, 0.25) is 5.15 Å². The van der Waals surface area contributed by atoms with E-state index in [0.717, 1.165) is 4.47 Å². The number of anilines is 2. The molecule has 8 nitrogen and oxygen atoms in total. The average Bonchev–Trinajstić information content (AvgIpc) is 2.88. The van der Waals surface area contributed by atoms with Gasteiger partial charge in [-0.15, -0.1) is 15.3 Å². The van der Waals surface area contributed by atoms with Gasteiger partial charge >= 0.3 is 0 Å². The zero-order valence-electron chi connectivity index (χ0n) is 11.2. The van der Waals surface area contributed by atoms with Gasteiger partial charge < -0.3 is 10.6 Å². The van der Waals surface area contributed by atoms with Gasteiger partial charge in [0.1, 0.15) is 0 Å². The number of halogens is 2. The summed E-state index contributed by atoms with van der Waals surface area (Å²) in [7, 11) is 1.50. The molecular weight excluding hydrogens is 374 g/mol. The minimum atomic E-state index is -0.391. The van der Waals surface area contributed by atoms with Crippen molar-refractivity contribution in [2.75, 3.05) is 12.4 Å². The molecule has 112 valence electrons. The lowest BCUT2D eigenvalue weighted by Gasteiger charge is -2.06. The Hall–Kier alpha value is -2.26. The van der Waals surface area contributed by atoms with E-state index >= 15 is 0 Å². The molecule has 22 heavy (non-hydrogen) atoms. The van der Waals surface area contributed by atoms with Crippen molar-refractivity contribution in [2.45, 2.75) is 0 Å². The summed E-state index contributed by atoms with van der Waals surface area (Å²) in [5, 5.41) is 17.3. The van der Waals surface area contributed by atoms with E-state index in [4.69, 9.17) is 11.6 Å². The molecule has 0 saturated heterocycles. The minimum absolute atomic E-state index is 0.104. The fraction of sp³-hybridized carbons (Fsp3) is 0.0833. The van der Waals surface area contributed by atoms with E-state index < -0.39 is 5.91 Å². The first-order valence-corrected chi connectivity index (χ1v) is 7.28. The smallest absolute Gasteiger partial charge is 0.273 e. The standard InChI is InChI=1S/C12H9BrClN7O/c1-15-11(22)10-7(4-8(14)18-19-10)16-12-17-9-3-2-6(13)5-21(9)20-12/h2-5H,1H3,(H,15,22)(H,16,18,20). The van der Waals surface area contributed by atoms with Crippen molar-refractivity contribution < 1.29 is 4.79 Å². The number of rotatable bonds is 3. The van der Waals surface area contributed by atoms with Crippen molar-refractivity contribution in [1.29, 1.82) is 0 Å². The summed E-state index contributed by atoms with van der Waals surface area (Å²) in [6, 6.07) is 5.15. The summed E-state index contributed by atoms with van der Waals surface area (Å²) in [5.41, 5.74) is 1.13. The van der Waals surface area contributed by atoms with Crippen molar-refractivity contribution in [2.24, 2.45) is 0 Å². The Morgan fingerprint density at radius 3 is 2.95 bits per heavy atom. The van der Waals surface area contributed by atoms with Gasteiger partial charge in [0.15, 0.2) is 16.5 Å². The van der Waals surface area contributed by atoms with Crippen LogP contribution in [-0.4, -0.2) is 37.8 Å². The number of nitrogens with zero attached hydrogens (tertiary/aromatic N) is 5. The monoisotopic (exact) mass is 381 g/mol. The molecule has 0 aliphatic heterocycles. The third-order valence-corrected chi connectivity index (χ3v) is 3.40. The number of carbonyl (C=O) groups excluding carboxylic acids is 1. The van der Waals surface area contributed by atoms with Gasteiger partial charge in [0.2, 0.25) is 5.95 Å². The van der Waals surface area contributed by atoms with E-state index in [1.54, 1.807) is 16.8 Å². The van der Waals surface area contributed by atoms with E-state index in [0.29, 0.717) is 17.3 Å². The largest absolute Gasteiger partial charge is 0.354 e. The Balaban J connectivity index is 2.00. The first kappa shape index (κ1) is 14.7. The van der Waals surface area contributed by atoms with Crippen molar-refractivity contribution >= 4 is 50.7 Å². The Labute approximate surface area is 138 Å². The van der Waals surface area contributed by atoms with Gasteiger partial charge in [-0.2, -0.15) is 4.98 Å². The number of amides is 1. The second-order valence-corrected chi connectivity index (χ2v) is 5.52. The molecular formula is C12H9BrClN7O. The lowest BCUT2D eigenvalue weighted by molar-refractivity contribution is 0.0958. The molecule has 0 fully saturated rings. The highest BCUT2D eigenvalue weighted by molar-refractivity contribution is 9.10. The van der Waals surface area contributed by atoms with E-state index in [2.05, 4.69) is 46.8 Å². The maximum absolute atomic E-state index is 11.8. The molecule has 0 radical (unpaired) electrons. The summed E-state index contributed by atoms with van der Waals surface area (Å²) in [5.74, 6) is -0.0782. The zero-order valence-corrected chi connectivity index (χ0v) is 13.6. The molecule has 0 spiro atoms. The van der Waals surface area contributed by atoms with E-state index in [9.17, 15) is 4.79 Å². The van der Waals surface area contributed by atoms with Gasteiger partial charge in [-0.1, -0.05) is 11.6 Å². The van der Waals surface area contributed by atoms with E-state index in [1.165, 1.54) is 13.1 Å². The van der Waals surface area contributed by atoms with Gasteiger partial charge in [-0.25, -0.2) is 4.52 Å². The third kappa shape index (κ3) is 2.85. The third-order valence-electron chi connectivity index (χ3n) is 2.75. The highest BCUT2D eigenvalue weighted by Crippen LogP contribution is 2.20. The first-order chi connectivity index (χ1) is 10.6. The second kappa shape index (κ2) is 5.85. The Bertz CT molecular complexity index is 866. The van der Waals surface area contributed by atoms with Crippen LogP contribution in [0, 0.1) is 0 Å². The summed E-state index contributed by atoms with van der Waals surface area (Å²) in [6.07, 6.45) is 1.77. The highest BCUT2D eigenvalue weighted by Gasteiger charge is 2.15. The van der Waals surface area contributed by atoms with Gasteiger partial charge in [0.05, 0.1) is 5.69 Å². The number of carbonyl (C=O) groups is 1. The predicted octanol–water partition coefficient (Wildman–Crippen LogP) is 2.04. The maximum atomic E-state index is 11.8. The van der Waals surface area contributed by atoms with E-state index in [1.807, 2.05) is 6.07 Å². The van der Waals surface area contributed by atoms with Crippen LogP contribution in [-0.2, 0) is 0 Å². The van der Waals surface area contributed by atoms with Crippen LogP contribution in [0.1, 0.15) is 10.5 Å². The van der Waals surface area contributed by atoms with Crippen molar-refractivity contribution in [3.63, 3.8) is 0 Å². The number of hydrogen-bond acceptors (Lipinski definition) is 6. The zero-order chi connectivity index (χ0) is 15.7. The Morgan fingerprint density at radius 2 is 2.18 bits per heavy atom. The summed E-state index contributed by atoms with van der Waals surface area (Å²) < 4.78 is 2.47. The molecule has 3 heterocycles. The quantitative estimate of drug-likeness (QED) is 0.719. The molecule has 2 N–H and O–H groups in total. The lowest BCUT2D eigenvalue weighted by atomic mass is 10.3. The molecule has 3 aromatic rings. The van der Waals surface area contributed by atoms with Crippen LogP contribution in [0.4, 0.5) is 11.6 Å². The Morgan fingerprint density at radius 1 is 1.36 bits per heavy atom. The number of nitrogens with one attached hydrogen (secondary N) is 2. The SMILES string of the molecule is CNC(=O)c1nnc(Cl)cc1Nc1nc2ccc(Br)cn2n1. The fourth-order valence-corrected chi connectivity index (χ4v) is 2.25. The molecule has 0 aromatic carbocycles. The van der Waals surface area contributed by atoms with Gasteiger partial charge in [-0.05, 0) is 28.1 Å². The van der Waals surface area contributed by atoms with Crippen molar-refractivity contribution in [3.8, 4) is 0 Å². The molecule has 0 bridgehead atoms. The molecule has 0 atom stereocenters. The van der Waals surface area contributed by atoms with Crippen molar-refractivity contribution in [1.82, 2.24) is 30.1 Å². The molecule has 3 rings (SSSR count). The summed E-state index contributed by atoms with van der Waals surface area (Å²) in [4.78, 5) is 16.1. The minimum Gasteiger partial charge on any atom is -0.354 e. The number of pyridine rings is 1. The van der Waals surface area contributed by atoms with Crippen molar-refractivity contribution in [3.05, 3.63) is 39.7 Å². The topological polar surface area (TPSA) is 97.1 Å². The number of fused-ring (bicyclic) bond motifs is 1. The molecule has 0 aliphatic rings. The number of aromatic nitrogens is 5. The Kier molecular flexibility index (Phi) is 3.90. The highest BCUT2D eigenvalue weighted by atomic mass is 79.9. The van der Waals surface area contributed by atoms with Gasteiger partial charge in [0.25, 0.3) is 5.91 Å². The second-order valence-electron chi connectivity index (χ2n) is 4.22. The molecule has 10 heteroatoms.